The Kier molecular flexibility index (Phi) is 5.72. The normalized spacial score (nSPS) is 17.3. The van der Waals surface area contributed by atoms with E-state index in [-0.39, 0.29) is 40.3 Å². The fourth-order valence-electron chi connectivity index (χ4n) is 4.43. The van der Waals surface area contributed by atoms with Crippen LogP contribution < -0.4 is 10.9 Å². The number of carbonyl (C=O) groups is 1. The Morgan fingerprint density at radius 2 is 1.91 bits per heavy atom. The van der Waals surface area contributed by atoms with Gasteiger partial charge in [0.25, 0.3) is 5.56 Å². The largest absolute Gasteiger partial charge is 0.444 e. The molecule has 0 unspecified atom stereocenters. The van der Waals surface area contributed by atoms with Crippen molar-refractivity contribution in [3.8, 4) is 0 Å². The number of nitrogens with one attached hydrogen (secondary N) is 1. The molecule has 3 aromatic rings. The lowest BCUT2D eigenvalue weighted by Crippen LogP contribution is -2.66. The molecule has 1 aliphatic heterocycles. The first-order valence-corrected chi connectivity index (χ1v) is 12.1. The lowest BCUT2D eigenvalue weighted by molar-refractivity contribution is -0.00535. The second-order valence-corrected chi connectivity index (χ2v) is 11.0. The molecule has 10 heteroatoms. The molecule has 0 atom stereocenters. The molecular formula is C25H25Cl2FN4O3. The van der Waals surface area contributed by atoms with Crippen molar-refractivity contribution in [2.24, 2.45) is 0 Å². The molecule has 1 saturated heterocycles. The first-order valence-electron chi connectivity index (χ1n) is 11.4. The number of halogens is 3. The predicted octanol–water partition coefficient (Wildman–Crippen LogP) is 5.74. The van der Waals surface area contributed by atoms with Gasteiger partial charge in [-0.1, -0.05) is 23.2 Å². The highest BCUT2D eigenvalue weighted by Crippen LogP contribution is 2.43. The molecule has 5 rings (SSSR count). The summed E-state index contributed by atoms with van der Waals surface area (Å²) in [5.74, 6) is -0.547. The molecule has 7 nitrogen and oxygen atoms in total. The summed E-state index contributed by atoms with van der Waals surface area (Å²) in [6.45, 7) is 5.52. The topological polar surface area (TPSA) is 76.5 Å². The van der Waals surface area contributed by atoms with Gasteiger partial charge in [0, 0.05) is 17.3 Å². The van der Waals surface area contributed by atoms with Crippen molar-refractivity contribution in [3.63, 3.8) is 0 Å². The second-order valence-electron chi connectivity index (χ2n) is 10.2. The molecular weight excluding hydrogens is 494 g/mol. The van der Waals surface area contributed by atoms with E-state index in [1.807, 2.05) is 0 Å². The van der Waals surface area contributed by atoms with E-state index in [2.05, 4.69) is 10.3 Å². The van der Waals surface area contributed by atoms with Crippen LogP contribution in [0.3, 0.4) is 0 Å². The van der Waals surface area contributed by atoms with Gasteiger partial charge in [-0.3, -0.25) is 9.36 Å². The van der Waals surface area contributed by atoms with Gasteiger partial charge in [0.05, 0.1) is 40.4 Å². The van der Waals surface area contributed by atoms with Crippen molar-refractivity contribution in [1.82, 2.24) is 14.5 Å². The molecule has 184 valence electrons. The van der Waals surface area contributed by atoms with Gasteiger partial charge in [0.2, 0.25) is 0 Å². The Labute approximate surface area is 211 Å². The summed E-state index contributed by atoms with van der Waals surface area (Å²) < 4.78 is 22.3. The van der Waals surface area contributed by atoms with Crippen molar-refractivity contribution < 1.29 is 13.9 Å². The van der Waals surface area contributed by atoms with E-state index in [1.165, 1.54) is 17.0 Å². The monoisotopic (exact) mass is 518 g/mol. The van der Waals surface area contributed by atoms with Gasteiger partial charge in [-0.15, -0.1) is 0 Å². The number of ether oxygens (including phenoxy) is 1. The van der Waals surface area contributed by atoms with Crippen molar-refractivity contribution in [2.45, 2.75) is 50.8 Å². The Bertz CT molecular complexity index is 1390. The lowest BCUT2D eigenvalue weighted by Gasteiger charge is -2.51. The van der Waals surface area contributed by atoms with Gasteiger partial charge >= 0.3 is 6.09 Å². The van der Waals surface area contributed by atoms with Crippen molar-refractivity contribution in [3.05, 3.63) is 68.4 Å². The molecule has 0 radical (unpaired) electrons. The van der Waals surface area contributed by atoms with Crippen LogP contribution in [0, 0.1) is 5.82 Å². The number of fused-ring (bicyclic) bond motifs is 1. The number of benzene rings is 2. The summed E-state index contributed by atoms with van der Waals surface area (Å²) in [6.07, 6.45) is 2.99. The van der Waals surface area contributed by atoms with Crippen molar-refractivity contribution in [2.75, 3.05) is 18.4 Å². The molecule has 1 aromatic heterocycles. The third-order valence-electron chi connectivity index (χ3n) is 6.20. The molecule has 1 amide bonds. The highest BCUT2D eigenvalue weighted by atomic mass is 35.5. The highest BCUT2D eigenvalue weighted by molar-refractivity contribution is 6.42. The van der Waals surface area contributed by atoms with Gasteiger partial charge in [-0.25, -0.2) is 14.2 Å². The third-order valence-corrected chi connectivity index (χ3v) is 7.01. The van der Waals surface area contributed by atoms with Crippen molar-refractivity contribution in [1.29, 1.82) is 0 Å². The average Bonchev–Trinajstić information content (AvgIpc) is 3.58. The summed E-state index contributed by atoms with van der Waals surface area (Å²) in [4.78, 5) is 31.6. The van der Waals surface area contributed by atoms with E-state index in [0.29, 0.717) is 16.6 Å². The second kappa shape index (κ2) is 8.38. The van der Waals surface area contributed by atoms with Gasteiger partial charge < -0.3 is 15.0 Å². The van der Waals surface area contributed by atoms with Gasteiger partial charge in [-0.2, -0.15) is 0 Å². The number of hydrogen-bond donors (Lipinski definition) is 1. The highest BCUT2D eigenvalue weighted by Gasteiger charge is 2.50. The molecule has 2 aliphatic rings. The number of carbonyl (C=O) groups excluding carboxylic acids is 1. The van der Waals surface area contributed by atoms with Gasteiger partial charge in [-0.05, 0) is 63.9 Å². The predicted molar refractivity (Wildman–Crippen MR) is 134 cm³/mol. The quantitative estimate of drug-likeness (QED) is 0.446. The number of likely N-dealkylation sites (tertiary alicyclic amines) is 1. The maximum atomic E-state index is 15.1. The smallest absolute Gasteiger partial charge is 0.410 e. The zero-order valence-corrected chi connectivity index (χ0v) is 21.1. The summed E-state index contributed by atoms with van der Waals surface area (Å²) in [6, 6.07) is 8.05. The molecule has 1 N–H and O–H groups in total. The zero-order valence-electron chi connectivity index (χ0n) is 19.6. The van der Waals surface area contributed by atoms with E-state index in [0.717, 1.165) is 12.8 Å². The molecule has 2 heterocycles. The first kappa shape index (κ1) is 23.9. The number of rotatable bonds is 4. The summed E-state index contributed by atoms with van der Waals surface area (Å²) in [5, 5.41) is 4.07. The number of hydrogen-bond acceptors (Lipinski definition) is 5. The van der Waals surface area contributed by atoms with E-state index >= 15 is 4.39 Å². The van der Waals surface area contributed by atoms with Crippen LogP contribution in [-0.2, 0) is 10.3 Å². The Morgan fingerprint density at radius 3 is 2.57 bits per heavy atom. The SMILES string of the molecule is CC(C)(C)OC(=O)N1CC(Nc2ccc3ncn(C4CC4)c(=O)c3c2)(c2c(F)ccc(Cl)c2Cl)C1. The standard InChI is InChI=1S/C25H25Cl2FN4O3/c1-24(2,3)35-23(34)31-11-25(12-31,20-18(28)8-7-17(26)21(20)27)30-14-4-9-19-16(10-14)22(33)32(13-29-19)15-5-6-15/h4,7-10,13,15,30H,5-6,11-12H2,1-3H3. The van der Waals surface area contributed by atoms with Gasteiger partial charge in [0.15, 0.2) is 0 Å². The lowest BCUT2D eigenvalue weighted by atomic mass is 9.81. The van der Waals surface area contributed by atoms with Crippen LogP contribution in [0.15, 0.2) is 41.5 Å². The number of amides is 1. The number of aromatic nitrogens is 2. The minimum atomic E-state index is -1.08. The van der Waals surface area contributed by atoms with Crippen LogP contribution >= 0.6 is 23.2 Å². The first-order chi connectivity index (χ1) is 16.5. The molecule has 0 bridgehead atoms. The summed E-state index contributed by atoms with van der Waals surface area (Å²) in [5.41, 5.74) is -0.561. The maximum Gasteiger partial charge on any atom is 0.410 e. The van der Waals surface area contributed by atoms with Crippen LogP contribution in [0.25, 0.3) is 10.9 Å². The van der Waals surface area contributed by atoms with Crippen LogP contribution in [0.4, 0.5) is 14.9 Å². The van der Waals surface area contributed by atoms with Crippen LogP contribution in [0.2, 0.25) is 10.0 Å². The molecule has 1 aliphatic carbocycles. The van der Waals surface area contributed by atoms with Crippen LogP contribution in [0.1, 0.15) is 45.2 Å². The van der Waals surface area contributed by atoms with Gasteiger partial charge in [0.1, 0.15) is 17.0 Å². The molecule has 35 heavy (non-hydrogen) atoms. The zero-order chi connectivity index (χ0) is 25.1. The van der Waals surface area contributed by atoms with E-state index < -0.39 is 23.1 Å². The molecule has 2 fully saturated rings. The summed E-state index contributed by atoms with van der Waals surface area (Å²) >= 11 is 12.7. The molecule has 1 saturated carbocycles. The van der Waals surface area contributed by atoms with Crippen LogP contribution in [0.5, 0.6) is 0 Å². The Hall–Kier alpha value is -2.84. The minimum absolute atomic E-state index is 0.0709. The number of nitrogens with zero attached hydrogens (tertiary/aromatic N) is 3. The fourth-order valence-corrected chi connectivity index (χ4v) is 4.92. The molecule has 2 aromatic carbocycles. The third kappa shape index (κ3) is 4.45. The van der Waals surface area contributed by atoms with E-state index in [1.54, 1.807) is 49.9 Å². The Balaban J connectivity index is 1.53. The van der Waals surface area contributed by atoms with Crippen molar-refractivity contribution >= 4 is 45.9 Å². The van der Waals surface area contributed by atoms with E-state index in [4.69, 9.17) is 27.9 Å². The Morgan fingerprint density at radius 1 is 1.20 bits per heavy atom. The molecule has 0 spiro atoms. The maximum absolute atomic E-state index is 15.1. The number of anilines is 1. The minimum Gasteiger partial charge on any atom is -0.444 e. The van der Waals surface area contributed by atoms with Crippen LogP contribution in [-0.4, -0.2) is 39.2 Å². The average molecular weight is 519 g/mol. The summed E-state index contributed by atoms with van der Waals surface area (Å²) in [7, 11) is 0. The fraction of sp³-hybridized carbons (Fsp3) is 0.400. The van der Waals surface area contributed by atoms with E-state index in [9.17, 15) is 9.59 Å².